The number of carboxylic acid groups (broad SMARTS) is 2. The molecule has 0 heterocycles. The van der Waals surface area contributed by atoms with Crippen LogP contribution in [0.25, 0.3) is 0 Å². The van der Waals surface area contributed by atoms with Gasteiger partial charge in [0.25, 0.3) is 0 Å². The molecule has 112 heavy (non-hydrogen) atoms. The number of hydrogen-bond donors (Lipinski definition) is 4. The molecule has 7 aliphatic rings. The highest BCUT2D eigenvalue weighted by Crippen LogP contribution is 2.54. The van der Waals surface area contributed by atoms with E-state index < -0.39 is 129 Å². The predicted octanol–water partition coefficient (Wildman–Crippen LogP) is 16.8. The highest BCUT2D eigenvalue weighted by Gasteiger charge is 2.43. The van der Waals surface area contributed by atoms with E-state index in [2.05, 4.69) is 0 Å². The van der Waals surface area contributed by atoms with Crippen molar-refractivity contribution in [1.29, 1.82) is 0 Å². The fraction of sp³-hybridized carbons (Fsp3) is 0.634. The van der Waals surface area contributed by atoms with Crippen LogP contribution in [0.5, 0.6) is 0 Å². The van der Waals surface area contributed by atoms with Gasteiger partial charge < -0.3 is 68.1 Å². The fourth-order valence-corrected chi connectivity index (χ4v) is 15.7. The van der Waals surface area contributed by atoms with E-state index >= 15 is 0 Å². The molecule has 4 saturated carbocycles. The number of halogens is 1. The molecule has 0 amide bonds. The highest BCUT2D eigenvalue weighted by molar-refractivity contribution is 7.95. The summed E-state index contributed by atoms with van der Waals surface area (Å²) in [6, 6.07) is 27.4. The van der Waals surface area contributed by atoms with E-state index in [9.17, 15) is 38.4 Å². The van der Waals surface area contributed by atoms with Gasteiger partial charge in [-0.25, -0.2) is 0 Å². The van der Waals surface area contributed by atoms with E-state index in [0.717, 1.165) is 30.1 Å². The monoisotopic (exact) mass is 1730 g/mol. The minimum Gasteiger partial charge on any atom is -1.00 e. The molecule has 3 aromatic carbocycles. The van der Waals surface area contributed by atoms with Gasteiger partial charge in [-0.15, -0.1) is 0 Å². The Labute approximate surface area is 743 Å². The molecule has 4 fully saturated rings. The number of ketones is 1. The van der Waals surface area contributed by atoms with Crippen LogP contribution in [0.4, 0.5) is 0 Å². The number of hydrogen-bond acceptors (Lipinski definition) is 15. The van der Waals surface area contributed by atoms with Crippen LogP contribution in [0.3, 0.4) is 0 Å². The molecule has 0 spiro atoms. The number of aliphatic hydroxyl groups is 2. The van der Waals surface area contributed by atoms with Crippen LogP contribution in [0.1, 0.15) is 324 Å². The number of aliphatic hydroxyl groups excluding tert-OH is 2. The molecule has 7 aliphatic carbocycles. The number of aliphatic carboxylic acids is 2. The molecule has 17 nitrogen and oxygen atoms in total. The number of benzene rings is 3. The van der Waals surface area contributed by atoms with Crippen LogP contribution >= 0.6 is 7.26 Å². The number of ether oxygens (including phenoxy) is 5. The number of carbonyl (C=O) groups excluding carboxylic acids is 6. The van der Waals surface area contributed by atoms with Crippen molar-refractivity contribution in [2.75, 3.05) is 53.4 Å². The van der Waals surface area contributed by atoms with E-state index in [1.165, 1.54) is 18.2 Å². The van der Waals surface area contributed by atoms with Crippen molar-refractivity contribution in [3.8, 4) is 0 Å². The number of Topliss-reactive ketones (excluding diaryl/α,β-unsaturated/α-hetero) is 1. The third-order valence-electron chi connectivity index (χ3n) is 19.0. The third kappa shape index (κ3) is 40.8. The molecule has 3 atom stereocenters. The Hall–Kier alpha value is -6.34. The van der Waals surface area contributed by atoms with Gasteiger partial charge in [0, 0.05) is 72.3 Å². The average molecular weight is 1730 g/mol. The van der Waals surface area contributed by atoms with Gasteiger partial charge in [-0.3, -0.25) is 38.4 Å². The molecule has 0 aromatic heterocycles. The molecule has 632 valence electrons. The lowest BCUT2D eigenvalue weighted by Gasteiger charge is -2.26. The molecular weight excluding hydrogens is 1550 g/mol. The molecule has 10 rings (SSSR count). The van der Waals surface area contributed by atoms with Gasteiger partial charge in [-0.2, -0.15) is 0 Å². The normalized spacial score (nSPS) is 28.5. The summed E-state index contributed by atoms with van der Waals surface area (Å²) in [5.74, 6) is -8.39. The maximum absolute atomic E-state index is 11.6. The quantitative estimate of drug-likeness (QED) is 0.0254. The van der Waals surface area contributed by atoms with E-state index in [4.69, 9.17) is 93.5 Å². The van der Waals surface area contributed by atoms with Gasteiger partial charge in [0.15, 0.2) is 0 Å². The van der Waals surface area contributed by atoms with Crippen molar-refractivity contribution in [2.45, 2.75) is 275 Å². The second kappa shape index (κ2) is 64.9. The first kappa shape index (κ1) is 58.5. The topological polar surface area (TPSA) is 264 Å². The maximum Gasteiger partial charge on any atom is 0.309 e. The SMILES string of the molecule is CCOC(=O)C1CCC(=O)CC1.CO.CO.[2H]C(=C1CCC(C(=O)OCC)CC1)C([2H])([2H])[2H].[2H]C([2H])([2H])C([2H])([2H])C1([2H])CCC(C(=O)O)CC1.[2H]C([2H])([2H])C([2H])([2H])C1([2H])CCC(C(=O)OCC)CC1.[2H]C([2H])([2H])C([2H])([2H])C1=CCC(C(=O)O)CC1.[2H]C([2H])([2H])C([2H])([2H])C1=CCC(C(=O)OCC)CC1.[2H]C([2H])([2H])C([2H])([2H])C1=CCC(C(=O)OCC)CC1.[2H]C([2H])([2H])C([2H])([2H])[P+](c1ccccc1)(c1ccccc1)c1ccccc1.[I-]. The molecule has 0 bridgehead atoms. The lowest BCUT2D eigenvalue weighted by molar-refractivity contribution is -0.150. The third-order valence-corrected chi connectivity index (χ3v) is 22.5. The first-order valence-electron chi connectivity index (χ1n) is 56.1. The van der Waals surface area contributed by atoms with Crippen molar-refractivity contribution in [3.05, 3.63) is 138 Å². The Kier molecular flexibility index (Phi) is 33.9. The van der Waals surface area contributed by atoms with Gasteiger partial charge >= 0.3 is 41.8 Å². The summed E-state index contributed by atoms with van der Waals surface area (Å²) in [6.07, 6.45) is -1.57. The van der Waals surface area contributed by atoms with Crippen LogP contribution < -0.4 is 39.9 Å². The Bertz CT molecular complexity index is 4530. The molecule has 0 aliphatic heterocycles. The summed E-state index contributed by atoms with van der Waals surface area (Å²) in [4.78, 5) is 89.5. The summed E-state index contributed by atoms with van der Waals surface area (Å²) in [5, 5.41) is 33.7. The number of allylic oxidation sites excluding steroid dienone is 8. The minimum atomic E-state index is -3.11. The molecule has 4 N–H and O–H groups in total. The van der Waals surface area contributed by atoms with E-state index in [0.29, 0.717) is 128 Å². The number of rotatable bonds is 21. The standard InChI is InChI=1S/C20H20P.C11H20O2.3C11H18O2.C9H14O3.C9H16O2.C9H14O2.2CH4O.HI/c1-2-21(18-12-6-3-7-13-18,19-14-8-4-9-15-19)20-16-10-5-11-17-20;4*1-3-9-5-7-10(8-6-9)11(12)13-4-2;1-2-12-9(11)7-3-5-8(10)6-4-7;2*1-2-7-3-5-8(6-4-7)9(10)11;2*1-2;/h3-17H,2H2,1H3;9-10H,3-8H2,1-2H3;2*5,10H,3-4,6-8H2,1-2H3;3,10H,4-8H2,1-2H3;7H,2-6H2,1H3;7-8H,2-6H2,1H3,(H,10,11);3,8H,2,4-6H2,1H3,(H,10,11);2*2H,1H3;1H/q+1;;;;;;;;;;/p-1/i1D3,2D2;1D3,3D2,9D;2*1D3,3D2;1D3,3D;;1D3,2D2,7D;1D3,2D2;;;. The van der Waals surface area contributed by atoms with Gasteiger partial charge in [0.1, 0.15) is 29.0 Å². The van der Waals surface area contributed by atoms with Crippen molar-refractivity contribution in [3.63, 3.8) is 0 Å². The summed E-state index contributed by atoms with van der Waals surface area (Å²) >= 11 is 0. The largest absolute Gasteiger partial charge is 1.00 e. The first-order valence-corrected chi connectivity index (χ1v) is 39.9. The minimum absolute atomic E-state index is 0. The van der Waals surface area contributed by atoms with Crippen LogP contribution in [0, 0.1) is 53.2 Å². The predicted molar refractivity (Wildman–Crippen MR) is 452 cm³/mol. The summed E-state index contributed by atoms with van der Waals surface area (Å²) < 4.78 is 295. The van der Waals surface area contributed by atoms with Gasteiger partial charge in [-0.1, -0.05) is 148 Å². The second-order valence-electron chi connectivity index (χ2n) is 26.0. The van der Waals surface area contributed by atoms with Crippen LogP contribution in [-0.4, -0.2) is 121 Å². The Balaban J connectivity index is 0.00000167. The zero-order valence-corrected chi connectivity index (χ0v) is 69.1. The lowest BCUT2D eigenvalue weighted by atomic mass is 9.81. The van der Waals surface area contributed by atoms with E-state index in [-0.39, 0.29) is 183 Å². The summed E-state index contributed by atoms with van der Waals surface area (Å²) in [6.45, 7) is -8.35. The highest BCUT2D eigenvalue weighted by atomic mass is 127. The summed E-state index contributed by atoms with van der Waals surface area (Å²) in [5.41, 5.74) is 1.39. The lowest BCUT2D eigenvalue weighted by Crippen LogP contribution is -3.00. The molecule has 0 radical (unpaired) electrons. The van der Waals surface area contributed by atoms with Crippen LogP contribution in [0.2, 0.25) is 0 Å². The Morgan fingerprint density at radius 3 is 0.982 bits per heavy atom. The van der Waals surface area contributed by atoms with E-state index in [1.807, 2.05) is 91.0 Å². The smallest absolute Gasteiger partial charge is 0.309 e. The van der Waals surface area contributed by atoms with Crippen molar-refractivity contribution < 1.29 is 156 Å². The molecule has 3 aromatic rings. The zero-order valence-electron chi connectivity index (χ0n) is 102. The number of carbonyl (C=O) groups is 8. The number of esters is 5. The number of carboxylic acids is 2. The Morgan fingerprint density at radius 1 is 0.411 bits per heavy atom. The second-order valence-corrected chi connectivity index (χ2v) is 29.1. The average Bonchev–Trinajstić information content (AvgIpc) is 0.704. The zero-order chi connectivity index (χ0) is 114. The molecule has 19 heteroatoms. The van der Waals surface area contributed by atoms with Gasteiger partial charge in [0.2, 0.25) is 0 Å². The maximum atomic E-state index is 11.6. The molecule has 0 saturated heterocycles. The molecule has 3 unspecified atom stereocenters. The van der Waals surface area contributed by atoms with Gasteiger partial charge in [0.05, 0.1) is 84.7 Å². The van der Waals surface area contributed by atoms with Crippen molar-refractivity contribution in [1.82, 2.24) is 0 Å². The van der Waals surface area contributed by atoms with Crippen molar-refractivity contribution >= 4 is 70.7 Å². The van der Waals surface area contributed by atoms with Crippen molar-refractivity contribution in [2.24, 2.45) is 53.2 Å². The van der Waals surface area contributed by atoms with E-state index in [1.54, 1.807) is 34.6 Å². The van der Waals surface area contributed by atoms with Crippen LogP contribution in [-0.2, 0) is 62.0 Å². The first-order chi connectivity index (χ1) is 67.5. The Morgan fingerprint density at radius 2 is 0.705 bits per heavy atom. The van der Waals surface area contributed by atoms with Gasteiger partial charge in [-0.05, 0) is 263 Å². The summed E-state index contributed by atoms with van der Waals surface area (Å²) in [7, 11) is -1.11. The molecular formula is C93H146IO17P. The van der Waals surface area contributed by atoms with Crippen LogP contribution in [0.15, 0.2) is 138 Å². The fourth-order valence-electron chi connectivity index (χ4n) is 12.6.